The second kappa shape index (κ2) is 8.41. The first kappa shape index (κ1) is 21.3. The molecule has 0 radical (unpaired) electrons. The van der Waals surface area contributed by atoms with Gasteiger partial charge in [0.1, 0.15) is 0 Å². The number of benzene rings is 3. The van der Waals surface area contributed by atoms with Crippen LogP contribution in [-0.4, -0.2) is 15.5 Å². The zero-order valence-electron chi connectivity index (χ0n) is 18.8. The van der Waals surface area contributed by atoms with Crippen molar-refractivity contribution in [2.24, 2.45) is 0 Å². The lowest BCUT2D eigenvalue weighted by Gasteiger charge is -2.31. The molecule has 166 valence electrons. The molecule has 0 bridgehead atoms. The van der Waals surface area contributed by atoms with Gasteiger partial charge in [-0.25, -0.2) is 4.98 Å². The van der Waals surface area contributed by atoms with Crippen LogP contribution < -0.4 is 10.6 Å². The molecule has 0 unspecified atom stereocenters. The van der Waals surface area contributed by atoms with Gasteiger partial charge in [0.25, 0.3) is 5.91 Å². The topological polar surface area (TPSA) is 59.0 Å². The Bertz CT molecular complexity index is 1390. The van der Waals surface area contributed by atoms with Gasteiger partial charge in [-0.05, 0) is 48.2 Å². The summed E-state index contributed by atoms with van der Waals surface area (Å²) in [5.41, 5.74) is 6.10. The molecule has 1 amide bonds. The molecule has 4 aromatic rings. The summed E-state index contributed by atoms with van der Waals surface area (Å²) in [7, 11) is 0. The summed E-state index contributed by atoms with van der Waals surface area (Å²) in [6, 6.07) is 23.4. The molecular weight excluding hydrogens is 432 g/mol. The second-order valence-electron chi connectivity index (χ2n) is 8.62. The summed E-state index contributed by atoms with van der Waals surface area (Å²) in [4.78, 5) is 18.4. The van der Waals surface area contributed by atoms with Crippen molar-refractivity contribution in [2.45, 2.75) is 32.7 Å². The van der Waals surface area contributed by atoms with Crippen molar-refractivity contribution in [3.05, 3.63) is 100 Å². The Morgan fingerprint density at radius 1 is 1.03 bits per heavy atom. The van der Waals surface area contributed by atoms with Gasteiger partial charge in [-0.3, -0.25) is 9.36 Å². The summed E-state index contributed by atoms with van der Waals surface area (Å²) < 4.78 is 2.11. The zero-order valence-corrected chi connectivity index (χ0v) is 19.5. The minimum Gasteiger partial charge on any atom is -0.329 e. The fourth-order valence-corrected chi connectivity index (χ4v) is 4.57. The van der Waals surface area contributed by atoms with E-state index < -0.39 is 0 Å². The Hall–Kier alpha value is -3.57. The number of hydrogen-bond donors (Lipinski definition) is 2. The Balaban J connectivity index is 1.66. The SMILES string of the molecule is CC1=C(C(=O)Nc2ccccc2Cl)[C@@H](c2ccc(C(C)C)cc2)n2c(nc3ccccc32)N1. The number of hydrogen-bond acceptors (Lipinski definition) is 3. The number of nitrogens with zero attached hydrogens (tertiary/aromatic N) is 2. The third kappa shape index (κ3) is 3.79. The number of imidazole rings is 1. The number of rotatable bonds is 4. The predicted molar refractivity (Wildman–Crippen MR) is 135 cm³/mol. The maximum Gasteiger partial charge on any atom is 0.255 e. The van der Waals surface area contributed by atoms with Crippen LogP contribution in [0.4, 0.5) is 11.6 Å². The summed E-state index contributed by atoms with van der Waals surface area (Å²) in [6.07, 6.45) is 0. The minimum atomic E-state index is -0.336. The van der Waals surface area contributed by atoms with Gasteiger partial charge in [0.05, 0.1) is 33.4 Å². The van der Waals surface area contributed by atoms with Crippen molar-refractivity contribution < 1.29 is 4.79 Å². The first-order valence-electron chi connectivity index (χ1n) is 11.0. The van der Waals surface area contributed by atoms with E-state index in [0.717, 1.165) is 28.2 Å². The van der Waals surface area contributed by atoms with E-state index in [-0.39, 0.29) is 11.9 Å². The van der Waals surface area contributed by atoms with Crippen LogP contribution in [0.2, 0.25) is 5.02 Å². The van der Waals surface area contributed by atoms with Crippen molar-refractivity contribution in [3.8, 4) is 0 Å². The van der Waals surface area contributed by atoms with Gasteiger partial charge in [0, 0.05) is 5.70 Å². The maximum atomic E-state index is 13.7. The molecule has 1 aliphatic rings. The van der Waals surface area contributed by atoms with Crippen LogP contribution in [0.15, 0.2) is 84.1 Å². The monoisotopic (exact) mass is 456 g/mol. The van der Waals surface area contributed by atoms with Gasteiger partial charge < -0.3 is 10.6 Å². The molecule has 1 atom stereocenters. The Morgan fingerprint density at radius 3 is 2.45 bits per heavy atom. The van der Waals surface area contributed by atoms with E-state index in [1.807, 2.05) is 43.3 Å². The quantitative estimate of drug-likeness (QED) is 0.357. The first-order valence-corrected chi connectivity index (χ1v) is 11.4. The van der Waals surface area contributed by atoms with E-state index >= 15 is 0 Å². The number of nitrogens with one attached hydrogen (secondary N) is 2. The third-order valence-electron chi connectivity index (χ3n) is 6.12. The molecule has 0 saturated heterocycles. The van der Waals surface area contributed by atoms with Crippen molar-refractivity contribution >= 4 is 40.2 Å². The highest BCUT2D eigenvalue weighted by atomic mass is 35.5. The number of halogens is 1. The number of allylic oxidation sites excluding steroid dienone is 1. The van der Waals surface area contributed by atoms with Crippen LogP contribution in [0.3, 0.4) is 0 Å². The summed E-state index contributed by atoms with van der Waals surface area (Å²) in [5.74, 6) is 0.951. The van der Waals surface area contributed by atoms with Crippen LogP contribution in [0, 0.1) is 0 Å². The molecule has 0 saturated carbocycles. The van der Waals surface area contributed by atoms with Crippen molar-refractivity contribution in [3.63, 3.8) is 0 Å². The average molecular weight is 457 g/mol. The first-order chi connectivity index (χ1) is 15.9. The highest BCUT2D eigenvalue weighted by Gasteiger charge is 2.34. The van der Waals surface area contributed by atoms with E-state index in [0.29, 0.717) is 22.2 Å². The number of fused-ring (bicyclic) bond motifs is 3. The van der Waals surface area contributed by atoms with Gasteiger partial charge in [0.2, 0.25) is 5.95 Å². The van der Waals surface area contributed by atoms with Crippen LogP contribution in [0.1, 0.15) is 43.9 Å². The molecule has 5 nitrogen and oxygen atoms in total. The lowest BCUT2D eigenvalue weighted by atomic mass is 9.92. The molecule has 33 heavy (non-hydrogen) atoms. The second-order valence-corrected chi connectivity index (χ2v) is 9.02. The standard InChI is InChI=1S/C27H25ClN4O/c1-16(2)18-12-14-19(15-13-18)25-24(26(33)30-21-9-5-4-8-20(21)28)17(3)29-27-31-22-10-6-7-11-23(22)32(25)27/h4-16,25H,1-3H3,(H,29,31)(H,30,33)/t25-/m1/s1. The lowest BCUT2D eigenvalue weighted by Crippen LogP contribution is -2.31. The number of carbonyl (C=O) groups excluding carboxylic acids is 1. The number of anilines is 2. The van der Waals surface area contributed by atoms with Gasteiger partial charge in [-0.2, -0.15) is 0 Å². The molecule has 1 aliphatic heterocycles. The maximum absolute atomic E-state index is 13.7. The van der Waals surface area contributed by atoms with Gasteiger partial charge >= 0.3 is 0 Å². The van der Waals surface area contributed by atoms with E-state index in [4.69, 9.17) is 16.6 Å². The van der Waals surface area contributed by atoms with Gasteiger partial charge in [-0.1, -0.05) is 74.0 Å². The molecule has 3 aromatic carbocycles. The van der Waals surface area contributed by atoms with Crippen LogP contribution in [-0.2, 0) is 4.79 Å². The van der Waals surface area contributed by atoms with E-state index in [1.54, 1.807) is 12.1 Å². The third-order valence-corrected chi connectivity index (χ3v) is 6.45. The molecule has 0 aliphatic carbocycles. The smallest absolute Gasteiger partial charge is 0.255 e. The number of para-hydroxylation sites is 3. The normalized spacial score (nSPS) is 15.5. The fourth-order valence-electron chi connectivity index (χ4n) is 4.39. The highest BCUT2D eigenvalue weighted by Crippen LogP contribution is 2.40. The Morgan fingerprint density at radius 2 is 1.73 bits per heavy atom. The number of aromatic nitrogens is 2. The van der Waals surface area contributed by atoms with Crippen molar-refractivity contribution in [1.29, 1.82) is 0 Å². The van der Waals surface area contributed by atoms with Gasteiger partial charge in [-0.15, -0.1) is 0 Å². The van der Waals surface area contributed by atoms with Crippen LogP contribution in [0.5, 0.6) is 0 Å². The summed E-state index contributed by atoms with van der Waals surface area (Å²) in [6.45, 7) is 6.26. The van der Waals surface area contributed by atoms with Crippen LogP contribution >= 0.6 is 11.6 Å². The molecule has 2 heterocycles. The van der Waals surface area contributed by atoms with E-state index in [9.17, 15) is 4.79 Å². The average Bonchev–Trinajstić information content (AvgIpc) is 3.17. The number of carbonyl (C=O) groups is 1. The molecular formula is C27H25ClN4O. The van der Waals surface area contributed by atoms with Crippen LogP contribution in [0.25, 0.3) is 11.0 Å². The molecule has 5 rings (SSSR count). The summed E-state index contributed by atoms with van der Waals surface area (Å²) in [5, 5.41) is 6.86. The van der Waals surface area contributed by atoms with Crippen molar-refractivity contribution in [1.82, 2.24) is 9.55 Å². The summed E-state index contributed by atoms with van der Waals surface area (Å²) >= 11 is 6.32. The van der Waals surface area contributed by atoms with Crippen molar-refractivity contribution in [2.75, 3.05) is 10.6 Å². The van der Waals surface area contributed by atoms with Gasteiger partial charge in [0.15, 0.2) is 0 Å². The highest BCUT2D eigenvalue weighted by molar-refractivity contribution is 6.33. The molecule has 0 fully saturated rings. The molecule has 2 N–H and O–H groups in total. The van der Waals surface area contributed by atoms with E-state index in [2.05, 4.69) is 53.3 Å². The Labute approximate surface area is 198 Å². The fraction of sp³-hybridized carbons (Fsp3) is 0.185. The van der Waals surface area contributed by atoms with E-state index in [1.165, 1.54) is 5.56 Å². The molecule has 1 aromatic heterocycles. The minimum absolute atomic E-state index is 0.200. The zero-order chi connectivity index (χ0) is 23.1. The molecule has 6 heteroatoms. The predicted octanol–water partition coefficient (Wildman–Crippen LogP) is 6.74. The molecule has 0 spiro atoms. The Kier molecular flexibility index (Phi) is 5.43. The number of amides is 1. The lowest BCUT2D eigenvalue weighted by molar-refractivity contribution is -0.113. The largest absolute Gasteiger partial charge is 0.329 e.